The highest BCUT2D eigenvalue weighted by atomic mass is 32.1. The van der Waals surface area contributed by atoms with E-state index in [4.69, 9.17) is 30.1 Å². The van der Waals surface area contributed by atoms with E-state index in [0.29, 0.717) is 34.0 Å². The van der Waals surface area contributed by atoms with Crippen LogP contribution in [0.5, 0.6) is 11.5 Å². The summed E-state index contributed by atoms with van der Waals surface area (Å²) in [5, 5.41) is 15.0. The molecule has 2 aromatic carbocycles. The van der Waals surface area contributed by atoms with Gasteiger partial charge in [0.25, 0.3) is 5.69 Å². The molecule has 53 heavy (non-hydrogen) atoms. The summed E-state index contributed by atoms with van der Waals surface area (Å²) in [4.78, 5) is 69.7. The Kier molecular flexibility index (Phi) is 12.7. The number of nitro benzene ring substituents is 1. The summed E-state index contributed by atoms with van der Waals surface area (Å²) in [6.45, 7) is 8.91. The van der Waals surface area contributed by atoms with Crippen molar-refractivity contribution >= 4 is 56.6 Å². The Balaban J connectivity index is 1.63. The fourth-order valence-corrected chi connectivity index (χ4v) is 6.23. The highest BCUT2D eigenvalue weighted by molar-refractivity contribution is 7.16. The van der Waals surface area contributed by atoms with Crippen molar-refractivity contribution in [1.82, 2.24) is 9.55 Å². The first-order valence-corrected chi connectivity index (χ1v) is 17.3. The fourth-order valence-electron chi connectivity index (χ4n) is 5.13. The zero-order chi connectivity index (χ0) is 39.0. The Bertz CT molecular complexity index is 2160. The smallest absolute Gasteiger partial charge is 0.317 e. The topological polar surface area (TPSA) is 246 Å². The monoisotopic (exact) mass is 751 g/mol. The van der Waals surface area contributed by atoms with Gasteiger partial charge in [0.05, 0.1) is 29.0 Å². The van der Waals surface area contributed by atoms with Gasteiger partial charge in [-0.25, -0.2) is 4.98 Å². The highest BCUT2D eigenvalue weighted by Crippen LogP contribution is 2.36. The summed E-state index contributed by atoms with van der Waals surface area (Å²) in [5.41, 5.74) is 10.9. The van der Waals surface area contributed by atoms with Gasteiger partial charge >= 0.3 is 11.9 Å². The normalized spacial score (nSPS) is 11.9. The fraction of sp³-hybridized carbons (Fsp3) is 0.371. The van der Waals surface area contributed by atoms with Gasteiger partial charge in [0.2, 0.25) is 17.6 Å². The number of thiazole rings is 1. The molecule has 0 atom stereocenters. The van der Waals surface area contributed by atoms with Gasteiger partial charge in [-0.2, -0.15) is 4.99 Å². The van der Waals surface area contributed by atoms with Crippen LogP contribution in [0.2, 0.25) is 0 Å². The lowest BCUT2D eigenvalue weighted by Crippen LogP contribution is -2.24. The molecule has 0 saturated heterocycles. The molecule has 0 spiro atoms. The van der Waals surface area contributed by atoms with E-state index in [0.717, 1.165) is 17.4 Å². The van der Waals surface area contributed by atoms with E-state index in [1.54, 1.807) is 50.5 Å². The number of nitrogens with one attached hydrogen (secondary N) is 1. The van der Waals surface area contributed by atoms with Crippen molar-refractivity contribution in [3.63, 3.8) is 0 Å². The number of aromatic nitrogens is 2. The van der Waals surface area contributed by atoms with Crippen LogP contribution in [0.15, 0.2) is 45.8 Å². The Labute approximate surface area is 307 Å². The number of amides is 3. The van der Waals surface area contributed by atoms with Gasteiger partial charge < -0.3 is 40.0 Å². The van der Waals surface area contributed by atoms with Crippen LogP contribution in [-0.4, -0.2) is 64.0 Å². The number of ether oxygens (including phenoxy) is 3. The number of nitro groups is 1. The molecule has 0 unspecified atom stereocenters. The summed E-state index contributed by atoms with van der Waals surface area (Å²) in [7, 11) is 1.43. The Morgan fingerprint density at radius 1 is 1.09 bits per heavy atom. The SMILES string of the molecule is CCc1nc(C)oc1C(=O)N=c1sc2cc(C(N)=O)cc(OC)c2n1C/C=C/CNc1c(OCCCC(=O)OC(C)(C)C)cc(C(N)=O)cc1[N+](=O)[O-]. The van der Waals surface area contributed by atoms with Crippen molar-refractivity contribution in [2.45, 2.75) is 66.0 Å². The first-order valence-electron chi connectivity index (χ1n) is 16.4. The molecule has 2 heterocycles. The lowest BCUT2D eigenvalue weighted by molar-refractivity contribution is -0.384. The predicted octanol–water partition coefficient (Wildman–Crippen LogP) is 4.59. The molecular formula is C35H41N7O10S. The number of primary amides is 2. The van der Waals surface area contributed by atoms with Crippen LogP contribution in [0.25, 0.3) is 10.2 Å². The maximum Gasteiger partial charge on any atom is 0.317 e. The van der Waals surface area contributed by atoms with E-state index in [1.807, 2.05) is 6.92 Å². The zero-order valence-electron chi connectivity index (χ0n) is 30.1. The molecule has 0 aliphatic rings. The van der Waals surface area contributed by atoms with Crippen LogP contribution in [0.4, 0.5) is 11.4 Å². The quantitative estimate of drug-likeness (QED) is 0.0468. The number of anilines is 1. The average Bonchev–Trinajstić information content (AvgIpc) is 3.64. The number of methoxy groups -OCH3 is 1. The van der Waals surface area contributed by atoms with Crippen LogP contribution in [0.1, 0.15) is 83.4 Å². The number of oxazole rings is 1. The number of aryl methyl sites for hydroxylation is 2. The van der Waals surface area contributed by atoms with Gasteiger partial charge in [-0.1, -0.05) is 30.4 Å². The van der Waals surface area contributed by atoms with Crippen molar-refractivity contribution < 1.29 is 42.7 Å². The highest BCUT2D eigenvalue weighted by Gasteiger charge is 2.24. The van der Waals surface area contributed by atoms with Crippen molar-refractivity contribution in [1.29, 1.82) is 0 Å². The van der Waals surface area contributed by atoms with E-state index < -0.39 is 39.9 Å². The predicted molar refractivity (Wildman–Crippen MR) is 195 cm³/mol. The molecule has 0 fully saturated rings. The van der Waals surface area contributed by atoms with E-state index >= 15 is 0 Å². The van der Waals surface area contributed by atoms with Crippen molar-refractivity contribution in [2.24, 2.45) is 16.5 Å². The van der Waals surface area contributed by atoms with E-state index in [1.165, 1.54) is 19.2 Å². The summed E-state index contributed by atoms with van der Waals surface area (Å²) in [5.74, 6) is -1.98. The van der Waals surface area contributed by atoms with Crippen molar-refractivity contribution in [3.05, 3.63) is 79.8 Å². The van der Waals surface area contributed by atoms with Gasteiger partial charge in [-0.15, -0.1) is 0 Å². The molecule has 0 aliphatic carbocycles. The van der Waals surface area contributed by atoms with Crippen LogP contribution in [-0.2, 0) is 22.5 Å². The average molecular weight is 752 g/mol. The molecular weight excluding hydrogens is 710 g/mol. The molecule has 3 amide bonds. The number of carbonyl (C=O) groups excluding carboxylic acids is 4. The molecule has 0 saturated carbocycles. The van der Waals surface area contributed by atoms with Gasteiger partial charge in [0.1, 0.15) is 22.6 Å². The maximum atomic E-state index is 13.3. The molecule has 0 bridgehead atoms. The second-order valence-corrected chi connectivity index (χ2v) is 13.6. The molecule has 5 N–H and O–H groups in total. The maximum absolute atomic E-state index is 13.3. The Morgan fingerprint density at radius 2 is 1.77 bits per heavy atom. The number of hydrogen-bond donors (Lipinski definition) is 3. The zero-order valence-corrected chi connectivity index (χ0v) is 31.0. The van der Waals surface area contributed by atoms with Crippen molar-refractivity contribution in [2.75, 3.05) is 25.6 Å². The lowest BCUT2D eigenvalue weighted by Gasteiger charge is -2.19. The minimum absolute atomic E-state index is 0.00696. The number of fused-ring (bicyclic) bond motifs is 1. The Hall–Kier alpha value is -6.04. The van der Waals surface area contributed by atoms with E-state index in [9.17, 15) is 29.3 Å². The molecule has 2 aromatic heterocycles. The third kappa shape index (κ3) is 10.1. The van der Waals surface area contributed by atoms with Gasteiger partial charge in [-0.3, -0.25) is 29.3 Å². The summed E-state index contributed by atoms with van der Waals surface area (Å²) < 4.78 is 24.5. The molecule has 0 aliphatic heterocycles. The number of benzene rings is 2. The summed E-state index contributed by atoms with van der Waals surface area (Å²) >= 11 is 1.13. The molecule has 4 rings (SSSR count). The summed E-state index contributed by atoms with van der Waals surface area (Å²) in [6, 6.07) is 5.41. The molecule has 17 nitrogen and oxygen atoms in total. The van der Waals surface area contributed by atoms with Crippen LogP contribution >= 0.6 is 11.3 Å². The number of carbonyl (C=O) groups is 4. The number of hydrogen-bond acceptors (Lipinski definition) is 13. The number of nitrogens with two attached hydrogens (primary N) is 2. The first-order chi connectivity index (χ1) is 25.0. The van der Waals surface area contributed by atoms with Gasteiger partial charge in [0.15, 0.2) is 16.4 Å². The second-order valence-electron chi connectivity index (χ2n) is 12.5. The van der Waals surface area contributed by atoms with Crippen LogP contribution in [0.3, 0.4) is 0 Å². The Morgan fingerprint density at radius 3 is 2.40 bits per heavy atom. The second kappa shape index (κ2) is 17.0. The molecule has 282 valence electrons. The number of nitrogens with zero attached hydrogens (tertiary/aromatic N) is 4. The van der Waals surface area contributed by atoms with Gasteiger partial charge in [0, 0.05) is 43.6 Å². The largest absolute Gasteiger partial charge is 0.494 e. The molecule has 0 radical (unpaired) electrons. The summed E-state index contributed by atoms with van der Waals surface area (Å²) in [6.07, 6.45) is 4.14. The van der Waals surface area contributed by atoms with Crippen molar-refractivity contribution in [3.8, 4) is 11.5 Å². The standard InChI is InChI=1S/C35H41N7O10S/c1-7-22-30(51-19(2)39-22)33(46)40-34-41(29-25(49-6)17-21(32(37)45)18-26(29)53-34)13-9-8-12-38-28-23(42(47)48)15-20(31(36)44)16-24(28)50-14-10-11-27(43)52-35(3,4)5/h8-9,15-18,38H,7,10-14H2,1-6H3,(H2,36,44)(H2,37,45)/b9-8+,40-34?. The van der Waals surface area contributed by atoms with E-state index in [-0.39, 0.29) is 65.7 Å². The molecule has 18 heteroatoms. The minimum atomic E-state index is -0.888. The lowest BCUT2D eigenvalue weighted by atomic mass is 10.1. The molecule has 4 aromatic rings. The third-order valence-electron chi connectivity index (χ3n) is 7.39. The van der Waals surface area contributed by atoms with Crippen LogP contribution in [0, 0.1) is 17.0 Å². The third-order valence-corrected chi connectivity index (χ3v) is 8.42. The van der Waals surface area contributed by atoms with Crippen LogP contribution < -0.4 is 31.1 Å². The number of esters is 1. The number of allylic oxidation sites excluding steroid dienone is 1. The minimum Gasteiger partial charge on any atom is -0.494 e. The van der Waals surface area contributed by atoms with Gasteiger partial charge in [-0.05, 0) is 51.8 Å². The first kappa shape index (κ1) is 39.7. The number of rotatable bonds is 16. The van der Waals surface area contributed by atoms with E-state index in [2.05, 4.69) is 15.3 Å².